The molecule has 1 heterocycles. The van der Waals surface area contributed by atoms with Crippen LogP contribution in [0.25, 0.3) is 0 Å². The Bertz CT molecular complexity index is 1050. The first-order valence-electron chi connectivity index (χ1n) is 10.2. The molecule has 5 rings (SSSR count). The van der Waals surface area contributed by atoms with Crippen LogP contribution in [0.15, 0.2) is 144 Å². The predicted molar refractivity (Wildman–Crippen MR) is 130 cm³/mol. The monoisotopic (exact) mass is 406 g/mol. The van der Waals surface area contributed by atoms with Crippen molar-refractivity contribution in [1.82, 2.24) is 0 Å². The van der Waals surface area contributed by atoms with E-state index in [1.54, 1.807) is 6.26 Å². The molecule has 0 bridgehead atoms. The zero-order valence-electron chi connectivity index (χ0n) is 16.6. The summed E-state index contributed by atoms with van der Waals surface area (Å²) >= 11 is 0. The number of hydrogen-bond acceptors (Lipinski definition) is 1. The van der Waals surface area contributed by atoms with Gasteiger partial charge in [-0.25, -0.2) is 0 Å². The third-order valence-corrected chi connectivity index (χ3v) is 12.5. The van der Waals surface area contributed by atoms with Crippen LogP contribution in [0.3, 0.4) is 0 Å². The van der Waals surface area contributed by atoms with E-state index in [1.165, 1.54) is 21.2 Å². The molecular weight excluding hydrogens is 383 g/mol. The van der Waals surface area contributed by atoms with Gasteiger partial charge in [0.25, 0.3) is 0 Å². The Labute approximate surface area is 177 Å². The first-order valence-corrected chi connectivity index (χ1v) is 12.4. The fraction of sp³-hybridized carbons (Fsp3) is 0. The molecule has 0 unspecified atom stereocenters. The molecule has 0 amide bonds. The zero-order valence-corrected chi connectivity index (χ0v) is 17.5. The fourth-order valence-corrected chi connectivity index (χ4v) is 11.4. The van der Waals surface area contributed by atoms with E-state index in [0.717, 1.165) is 5.50 Å². The van der Waals surface area contributed by atoms with Crippen LogP contribution >= 0.6 is 6.60 Å². The molecular formula is C28H23OP. The van der Waals surface area contributed by atoms with Gasteiger partial charge in [0.05, 0.1) is 0 Å². The normalized spacial score (nSPS) is 12.7. The van der Waals surface area contributed by atoms with Crippen molar-refractivity contribution in [2.24, 2.45) is 0 Å². The first-order chi connectivity index (χ1) is 14.9. The maximum absolute atomic E-state index is 6.38. The Balaban J connectivity index is 2.13. The van der Waals surface area contributed by atoms with Crippen LogP contribution in [-0.2, 0) is 0 Å². The molecule has 0 aliphatic heterocycles. The van der Waals surface area contributed by atoms with Crippen LogP contribution in [0, 0.1) is 0 Å². The zero-order chi connectivity index (χ0) is 20.3. The van der Waals surface area contributed by atoms with Gasteiger partial charge in [-0.3, -0.25) is 0 Å². The Morgan fingerprint density at radius 3 is 0.967 bits per heavy atom. The van der Waals surface area contributed by atoms with Crippen LogP contribution in [0.4, 0.5) is 0 Å². The average Bonchev–Trinajstić information content (AvgIpc) is 3.39. The summed E-state index contributed by atoms with van der Waals surface area (Å²) in [5.41, 5.74) is 0.996. The third-order valence-electron chi connectivity index (χ3n) is 6.04. The summed E-state index contributed by atoms with van der Waals surface area (Å²) in [6.45, 7) is -3.37. The van der Waals surface area contributed by atoms with Crippen LogP contribution < -0.4 is 26.7 Å². The summed E-state index contributed by atoms with van der Waals surface area (Å²) in [5, 5.41) is 5.06. The Hall–Kier alpha value is -3.41. The van der Waals surface area contributed by atoms with Gasteiger partial charge in [-0.05, 0) is 0 Å². The van der Waals surface area contributed by atoms with Crippen molar-refractivity contribution in [3.63, 3.8) is 0 Å². The standard InChI is InChI=1S/C28H23OP/c1-5-14-24(15-6-1)30(28-22-13-23-29-28,25-16-7-2-8-17-25,26-18-9-3-10-19-26)27-20-11-4-12-21-27/h1-23H. The summed E-state index contributed by atoms with van der Waals surface area (Å²) in [6, 6.07) is 47.6. The van der Waals surface area contributed by atoms with Gasteiger partial charge >= 0.3 is 177 Å². The average molecular weight is 406 g/mol. The molecule has 30 heavy (non-hydrogen) atoms. The van der Waals surface area contributed by atoms with E-state index in [-0.39, 0.29) is 0 Å². The fourth-order valence-electron chi connectivity index (χ4n) is 4.83. The topological polar surface area (TPSA) is 13.1 Å². The molecule has 0 saturated heterocycles. The van der Waals surface area contributed by atoms with Crippen molar-refractivity contribution < 1.29 is 4.42 Å². The van der Waals surface area contributed by atoms with E-state index in [0.29, 0.717) is 0 Å². The molecule has 1 nitrogen and oxygen atoms in total. The molecule has 1 aromatic heterocycles. The summed E-state index contributed by atoms with van der Waals surface area (Å²) < 4.78 is 6.38. The van der Waals surface area contributed by atoms with Gasteiger partial charge in [-0.15, -0.1) is 0 Å². The van der Waals surface area contributed by atoms with Crippen molar-refractivity contribution >= 4 is 33.3 Å². The summed E-state index contributed by atoms with van der Waals surface area (Å²) in [6.07, 6.45) is 1.80. The minimum atomic E-state index is -3.37. The molecule has 0 fully saturated rings. The summed E-state index contributed by atoms with van der Waals surface area (Å²) in [5.74, 6) is 0. The molecule has 0 aliphatic rings. The Morgan fingerprint density at radius 2 is 0.700 bits per heavy atom. The van der Waals surface area contributed by atoms with Crippen molar-refractivity contribution in [3.05, 3.63) is 140 Å². The molecule has 0 radical (unpaired) electrons. The van der Waals surface area contributed by atoms with E-state index < -0.39 is 6.60 Å². The molecule has 5 aromatic rings. The van der Waals surface area contributed by atoms with Crippen LogP contribution in [0.2, 0.25) is 0 Å². The Morgan fingerprint density at radius 1 is 0.367 bits per heavy atom. The molecule has 0 aliphatic carbocycles. The van der Waals surface area contributed by atoms with Gasteiger partial charge in [0.15, 0.2) is 0 Å². The first kappa shape index (κ1) is 18.6. The molecule has 0 N–H and O–H groups in total. The molecule has 146 valence electrons. The van der Waals surface area contributed by atoms with Crippen molar-refractivity contribution in [1.29, 1.82) is 0 Å². The SMILES string of the molecule is c1ccc(P(c2ccccc2)(c2ccccc2)(c2ccccc2)c2ccco2)cc1. The van der Waals surface area contributed by atoms with E-state index in [4.69, 9.17) is 4.42 Å². The Kier molecular flexibility index (Phi) is 4.62. The minimum absolute atomic E-state index is 0.996. The van der Waals surface area contributed by atoms with Crippen molar-refractivity contribution in [2.75, 3.05) is 0 Å². The van der Waals surface area contributed by atoms with E-state index in [1.807, 2.05) is 6.07 Å². The van der Waals surface area contributed by atoms with E-state index in [9.17, 15) is 0 Å². The van der Waals surface area contributed by atoms with Crippen LogP contribution in [0.5, 0.6) is 0 Å². The van der Waals surface area contributed by atoms with Crippen LogP contribution in [0.1, 0.15) is 0 Å². The summed E-state index contributed by atoms with van der Waals surface area (Å²) in [7, 11) is 0. The van der Waals surface area contributed by atoms with Gasteiger partial charge in [0.2, 0.25) is 0 Å². The van der Waals surface area contributed by atoms with Crippen molar-refractivity contribution in [2.45, 2.75) is 0 Å². The van der Waals surface area contributed by atoms with Gasteiger partial charge in [-0.1, -0.05) is 0 Å². The van der Waals surface area contributed by atoms with Gasteiger partial charge in [-0.2, -0.15) is 0 Å². The maximum atomic E-state index is 6.38. The van der Waals surface area contributed by atoms with Crippen molar-refractivity contribution in [3.8, 4) is 0 Å². The second kappa shape index (κ2) is 7.44. The molecule has 2 heteroatoms. The molecule has 0 atom stereocenters. The van der Waals surface area contributed by atoms with Gasteiger partial charge in [0.1, 0.15) is 0 Å². The second-order valence-electron chi connectivity index (χ2n) is 7.41. The number of benzene rings is 4. The predicted octanol–water partition coefficient (Wildman–Crippen LogP) is 4.76. The van der Waals surface area contributed by atoms with Gasteiger partial charge < -0.3 is 0 Å². The molecule has 4 aromatic carbocycles. The molecule has 0 spiro atoms. The second-order valence-corrected chi connectivity index (χ2v) is 12.2. The van der Waals surface area contributed by atoms with Crippen LogP contribution in [-0.4, -0.2) is 0 Å². The summed E-state index contributed by atoms with van der Waals surface area (Å²) in [4.78, 5) is 0. The van der Waals surface area contributed by atoms with Gasteiger partial charge in [0, 0.05) is 0 Å². The third kappa shape index (κ3) is 2.39. The number of hydrogen-bond donors (Lipinski definition) is 0. The number of furan rings is 1. The van der Waals surface area contributed by atoms with E-state index in [2.05, 4.69) is 127 Å². The quantitative estimate of drug-likeness (QED) is 0.384. The number of rotatable bonds is 5. The molecule has 0 saturated carbocycles. The van der Waals surface area contributed by atoms with E-state index >= 15 is 0 Å².